The average Bonchev–Trinajstić information content (AvgIpc) is 3.09. The maximum Gasteiger partial charge on any atom is 0.134 e. The van der Waals surface area contributed by atoms with Crippen molar-refractivity contribution in [3.8, 4) is 11.8 Å². The summed E-state index contributed by atoms with van der Waals surface area (Å²) in [5, 5.41) is 10.5. The van der Waals surface area contributed by atoms with Crippen LogP contribution in [0.25, 0.3) is 0 Å². The van der Waals surface area contributed by atoms with Crippen molar-refractivity contribution in [3.63, 3.8) is 0 Å². The van der Waals surface area contributed by atoms with E-state index in [-0.39, 0.29) is 0 Å². The van der Waals surface area contributed by atoms with E-state index >= 15 is 0 Å². The molecule has 4 rings (SSSR count). The van der Waals surface area contributed by atoms with Crippen molar-refractivity contribution in [2.24, 2.45) is 10.9 Å². The topological polar surface area (TPSA) is 57.8 Å². The summed E-state index contributed by atoms with van der Waals surface area (Å²) >= 11 is 1.68. The van der Waals surface area contributed by atoms with Gasteiger partial charge in [0, 0.05) is 36.3 Å². The third-order valence-corrected chi connectivity index (χ3v) is 6.90. The van der Waals surface area contributed by atoms with Gasteiger partial charge >= 0.3 is 0 Å². The molecule has 152 valence electrons. The molecule has 1 aliphatic carbocycles. The number of thiophene rings is 1. The molecule has 29 heavy (non-hydrogen) atoms. The van der Waals surface area contributed by atoms with Crippen molar-refractivity contribution >= 4 is 22.6 Å². The maximum absolute atomic E-state index is 9.67. The Labute approximate surface area is 176 Å². The van der Waals surface area contributed by atoms with Crippen molar-refractivity contribution < 1.29 is 9.47 Å². The summed E-state index contributed by atoms with van der Waals surface area (Å²) < 4.78 is 11.0. The fourth-order valence-electron chi connectivity index (χ4n) is 4.08. The number of ether oxygens (including phenoxy) is 2. The number of methoxy groups -OCH3 is 1. The summed E-state index contributed by atoms with van der Waals surface area (Å²) in [5.74, 6) is 1.58. The summed E-state index contributed by atoms with van der Waals surface area (Å²) in [4.78, 5) is 8.44. The zero-order valence-electron chi connectivity index (χ0n) is 17.1. The van der Waals surface area contributed by atoms with Gasteiger partial charge in [-0.3, -0.25) is 4.90 Å². The lowest BCUT2D eigenvalue weighted by Gasteiger charge is -2.27. The Morgan fingerprint density at radius 3 is 2.97 bits per heavy atom. The van der Waals surface area contributed by atoms with Crippen LogP contribution in [0, 0.1) is 17.2 Å². The number of nitrogens with zero attached hydrogens (tertiary/aromatic N) is 3. The summed E-state index contributed by atoms with van der Waals surface area (Å²) in [6.07, 6.45) is 5.10. The van der Waals surface area contributed by atoms with Gasteiger partial charge in [0.25, 0.3) is 0 Å². The molecule has 6 heteroatoms. The van der Waals surface area contributed by atoms with Crippen molar-refractivity contribution in [1.82, 2.24) is 4.90 Å². The standard InChI is InChI=1S/C23H27N3O2S/c1-16-3-5-19-20(13-24)23(29-22(19)11-16)25-14-17-4-6-21(27-2)18(12-17)15-26-7-9-28-10-8-26/h4,6,12,14,16H,3,5,7-11,15H2,1-2H3/t16-/m1/s1. The van der Waals surface area contributed by atoms with Crippen molar-refractivity contribution in [2.75, 3.05) is 33.4 Å². The Balaban J connectivity index is 1.57. The molecule has 1 aromatic carbocycles. The molecular weight excluding hydrogens is 382 g/mol. The van der Waals surface area contributed by atoms with Crippen LogP contribution in [-0.2, 0) is 24.1 Å². The number of hydrogen-bond acceptors (Lipinski definition) is 6. The monoisotopic (exact) mass is 409 g/mol. The Morgan fingerprint density at radius 2 is 2.21 bits per heavy atom. The minimum Gasteiger partial charge on any atom is -0.496 e. The molecule has 1 saturated heterocycles. The third kappa shape index (κ3) is 4.53. The Hall–Kier alpha value is -2.20. The van der Waals surface area contributed by atoms with Crippen molar-refractivity contribution in [3.05, 3.63) is 45.3 Å². The van der Waals surface area contributed by atoms with Crippen LogP contribution in [0.4, 0.5) is 5.00 Å². The summed E-state index contributed by atoms with van der Waals surface area (Å²) in [6.45, 7) is 6.55. The molecule has 5 nitrogen and oxygen atoms in total. The van der Waals surface area contributed by atoms with Crippen LogP contribution in [0.15, 0.2) is 23.2 Å². The normalized spacial score (nSPS) is 19.8. The maximum atomic E-state index is 9.67. The lowest BCUT2D eigenvalue weighted by molar-refractivity contribution is 0.0339. The minimum absolute atomic E-state index is 0.689. The Kier molecular flexibility index (Phi) is 6.29. The molecular formula is C23H27N3O2S. The number of hydrogen-bond donors (Lipinski definition) is 0. The summed E-state index contributed by atoms with van der Waals surface area (Å²) in [7, 11) is 1.71. The smallest absolute Gasteiger partial charge is 0.134 e. The van der Waals surface area contributed by atoms with Gasteiger partial charge in [0.2, 0.25) is 0 Å². The van der Waals surface area contributed by atoms with E-state index in [9.17, 15) is 5.26 Å². The van der Waals surface area contributed by atoms with Gasteiger partial charge in [-0.25, -0.2) is 4.99 Å². The van der Waals surface area contributed by atoms with E-state index in [0.29, 0.717) is 5.92 Å². The zero-order valence-corrected chi connectivity index (χ0v) is 17.9. The van der Waals surface area contributed by atoms with E-state index in [4.69, 9.17) is 14.5 Å². The lowest BCUT2D eigenvalue weighted by atomic mass is 9.89. The second-order valence-electron chi connectivity index (χ2n) is 7.86. The molecule has 1 aliphatic heterocycles. The van der Waals surface area contributed by atoms with E-state index in [2.05, 4.69) is 24.0 Å². The third-order valence-electron chi connectivity index (χ3n) is 5.74. The molecule has 0 unspecified atom stereocenters. The Morgan fingerprint density at radius 1 is 1.38 bits per heavy atom. The number of morpholine rings is 1. The van der Waals surface area contributed by atoms with E-state index in [1.807, 2.05) is 18.3 Å². The SMILES string of the molecule is COc1ccc(C=Nc2sc3c(c2C#N)CC[C@@H](C)C3)cc1CN1CCOCC1. The molecule has 0 bridgehead atoms. The molecule has 1 aromatic heterocycles. The van der Waals surface area contributed by atoms with Crippen LogP contribution >= 0.6 is 11.3 Å². The lowest BCUT2D eigenvalue weighted by Crippen LogP contribution is -2.35. The van der Waals surface area contributed by atoms with Crippen LogP contribution in [0.2, 0.25) is 0 Å². The highest BCUT2D eigenvalue weighted by atomic mass is 32.1. The quantitative estimate of drug-likeness (QED) is 0.690. The van der Waals surface area contributed by atoms with Crippen molar-refractivity contribution in [2.45, 2.75) is 32.7 Å². The molecule has 2 aromatic rings. The first-order valence-corrected chi connectivity index (χ1v) is 11.0. The van der Waals surface area contributed by atoms with E-state index in [1.54, 1.807) is 18.4 Å². The molecule has 0 radical (unpaired) electrons. The van der Waals surface area contributed by atoms with Crippen LogP contribution in [-0.4, -0.2) is 44.5 Å². The largest absolute Gasteiger partial charge is 0.496 e. The van der Waals surface area contributed by atoms with Crippen LogP contribution in [0.5, 0.6) is 5.75 Å². The number of fused-ring (bicyclic) bond motifs is 1. The van der Waals surface area contributed by atoms with Crippen LogP contribution in [0.1, 0.15) is 40.5 Å². The van der Waals surface area contributed by atoms with Gasteiger partial charge < -0.3 is 9.47 Å². The van der Waals surface area contributed by atoms with Gasteiger partial charge in [-0.05, 0) is 54.5 Å². The predicted molar refractivity (Wildman–Crippen MR) is 117 cm³/mol. The van der Waals surface area contributed by atoms with Gasteiger partial charge in [-0.1, -0.05) is 6.92 Å². The first kappa shape index (κ1) is 20.1. The first-order valence-electron chi connectivity index (χ1n) is 10.2. The second kappa shape index (κ2) is 9.08. The van der Waals surface area contributed by atoms with Gasteiger partial charge in [0.05, 0.1) is 25.9 Å². The number of benzene rings is 1. The molecule has 1 fully saturated rings. The molecule has 2 heterocycles. The minimum atomic E-state index is 0.689. The van der Waals surface area contributed by atoms with Gasteiger partial charge in [0.15, 0.2) is 0 Å². The highest BCUT2D eigenvalue weighted by molar-refractivity contribution is 7.16. The fraction of sp³-hybridized carbons (Fsp3) is 0.478. The zero-order chi connectivity index (χ0) is 20.2. The molecule has 0 spiro atoms. The van der Waals surface area contributed by atoms with Gasteiger partial charge in [0.1, 0.15) is 16.8 Å². The van der Waals surface area contributed by atoms with Gasteiger partial charge in [-0.2, -0.15) is 5.26 Å². The molecule has 0 saturated carbocycles. The fourth-order valence-corrected chi connectivity index (χ4v) is 5.38. The number of nitriles is 1. The molecule has 2 aliphatic rings. The van der Waals surface area contributed by atoms with Crippen LogP contribution < -0.4 is 4.74 Å². The van der Waals surface area contributed by atoms with E-state index in [0.717, 1.165) is 79.6 Å². The highest BCUT2D eigenvalue weighted by Gasteiger charge is 2.23. The first-order chi connectivity index (χ1) is 14.2. The van der Waals surface area contributed by atoms with Gasteiger partial charge in [-0.15, -0.1) is 11.3 Å². The number of rotatable bonds is 5. The molecule has 0 amide bonds. The van der Waals surface area contributed by atoms with Crippen LogP contribution in [0.3, 0.4) is 0 Å². The van der Waals surface area contributed by atoms with E-state index in [1.165, 1.54) is 10.4 Å². The van der Waals surface area contributed by atoms with Crippen molar-refractivity contribution in [1.29, 1.82) is 5.26 Å². The number of aliphatic imine (C=N–C) groups is 1. The summed E-state index contributed by atoms with van der Waals surface area (Å²) in [5.41, 5.74) is 4.18. The Bertz CT molecular complexity index is 938. The highest BCUT2D eigenvalue weighted by Crippen LogP contribution is 2.40. The molecule has 1 atom stereocenters. The van der Waals surface area contributed by atoms with E-state index < -0.39 is 0 Å². The molecule has 0 N–H and O–H groups in total. The second-order valence-corrected chi connectivity index (χ2v) is 8.95. The average molecular weight is 410 g/mol. The summed E-state index contributed by atoms with van der Waals surface area (Å²) in [6, 6.07) is 8.56. The predicted octanol–water partition coefficient (Wildman–Crippen LogP) is 4.34.